The van der Waals surface area contributed by atoms with Crippen molar-refractivity contribution in [2.75, 3.05) is 12.4 Å². The molecule has 0 saturated carbocycles. The molecule has 2 N–H and O–H groups in total. The molecule has 0 aliphatic heterocycles. The second-order valence-corrected chi connectivity index (χ2v) is 2.92. The summed E-state index contributed by atoms with van der Waals surface area (Å²) < 4.78 is 0. The Labute approximate surface area is 97.5 Å². The summed E-state index contributed by atoms with van der Waals surface area (Å²) in [4.78, 5) is 11.1. The molecule has 90 valence electrons. The van der Waals surface area contributed by atoms with Crippen LogP contribution in [0.25, 0.3) is 11.0 Å². The van der Waals surface area contributed by atoms with Gasteiger partial charge in [-0.3, -0.25) is 0 Å². The van der Waals surface area contributed by atoms with Crippen molar-refractivity contribution < 1.29 is 0 Å². The Bertz CT molecular complexity index is 381. The molecule has 0 bridgehead atoms. The average molecular weight is 222 g/mol. The first-order chi connectivity index (χ1) is 7.83. The van der Waals surface area contributed by atoms with E-state index in [9.17, 15) is 0 Å². The Morgan fingerprint density at radius 3 is 2.44 bits per heavy atom. The molecule has 0 saturated heterocycles. The monoisotopic (exact) mass is 222 g/mol. The Hall–Kier alpha value is -1.58. The van der Waals surface area contributed by atoms with Crippen molar-refractivity contribution in [3.05, 3.63) is 18.6 Å². The highest BCUT2D eigenvalue weighted by Crippen LogP contribution is 2.15. The zero-order valence-electron chi connectivity index (χ0n) is 10.8. The summed E-state index contributed by atoms with van der Waals surface area (Å²) in [6.07, 6.45) is 4.63. The molecule has 4 nitrogen and oxygen atoms in total. The molecule has 0 aromatic carbocycles. The van der Waals surface area contributed by atoms with Gasteiger partial charge in [-0.2, -0.15) is 0 Å². The Morgan fingerprint density at radius 2 is 1.88 bits per heavy atom. The molecule has 2 aromatic rings. The van der Waals surface area contributed by atoms with Crippen LogP contribution in [0.4, 0.5) is 5.82 Å². The molecule has 0 spiro atoms. The van der Waals surface area contributed by atoms with Gasteiger partial charge >= 0.3 is 0 Å². The molecule has 0 amide bonds. The molecule has 0 radical (unpaired) electrons. The minimum Gasteiger partial charge on any atom is -0.372 e. The van der Waals surface area contributed by atoms with Crippen LogP contribution in [0.5, 0.6) is 0 Å². The third-order valence-corrected chi connectivity index (χ3v) is 1.59. The van der Waals surface area contributed by atoms with E-state index in [-0.39, 0.29) is 0 Å². The van der Waals surface area contributed by atoms with Crippen molar-refractivity contribution in [1.82, 2.24) is 15.0 Å². The first-order valence-corrected chi connectivity index (χ1v) is 5.79. The van der Waals surface area contributed by atoms with Gasteiger partial charge in [0.2, 0.25) is 0 Å². The number of hydrogen-bond acceptors (Lipinski definition) is 3. The van der Waals surface area contributed by atoms with E-state index in [1.54, 1.807) is 0 Å². The highest BCUT2D eigenvalue weighted by molar-refractivity contribution is 5.86. The lowest BCUT2D eigenvalue weighted by Crippen LogP contribution is -1.92. The van der Waals surface area contributed by atoms with Crippen molar-refractivity contribution in [2.24, 2.45) is 0 Å². The summed E-state index contributed by atoms with van der Waals surface area (Å²) in [5.41, 5.74) is 0.865. The molecule has 0 atom stereocenters. The molecule has 16 heavy (non-hydrogen) atoms. The number of nitrogens with zero attached hydrogens (tertiary/aromatic N) is 2. The van der Waals surface area contributed by atoms with Crippen LogP contribution in [0.2, 0.25) is 0 Å². The Kier molecular flexibility index (Phi) is 7.85. The largest absolute Gasteiger partial charge is 0.372 e. The second-order valence-electron chi connectivity index (χ2n) is 2.92. The fourth-order valence-corrected chi connectivity index (χ4v) is 1.07. The fourth-order valence-electron chi connectivity index (χ4n) is 1.07. The zero-order chi connectivity index (χ0) is 12.4. The molecule has 2 rings (SSSR count). The van der Waals surface area contributed by atoms with Crippen LogP contribution >= 0.6 is 0 Å². The summed E-state index contributed by atoms with van der Waals surface area (Å²) in [6.45, 7) is 8.25. The predicted octanol–water partition coefficient (Wildman–Crippen LogP) is 3.44. The number of nitrogens with one attached hydrogen (secondary N) is 2. The van der Waals surface area contributed by atoms with Gasteiger partial charge in [-0.15, -0.1) is 0 Å². The Balaban J connectivity index is 0.000000394. The lowest BCUT2D eigenvalue weighted by molar-refractivity contribution is 1.09. The van der Waals surface area contributed by atoms with E-state index < -0.39 is 0 Å². The molecule has 2 heterocycles. The van der Waals surface area contributed by atoms with Crippen LogP contribution in [0.15, 0.2) is 18.6 Å². The maximum absolute atomic E-state index is 4.06. The zero-order valence-corrected chi connectivity index (χ0v) is 10.8. The van der Waals surface area contributed by atoms with Crippen molar-refractivity contribution >= 4 is 16.9 Å². The van der Waals surface area contributed by atoms with Gasteiger partial charge in [-0.1, -0.05) is 34.1 Å². The van der Waals surface area contributed by atoms with Crippen LogP contribution < -0.4 is 5.32 Å². The van der Waals surface area contributed by atoms with E-state index >= 15 is 0 Å². The number of fused-ring (bicyclic) bond motifs is 1. The van der Waals surface area contributed by atoms with E-state index in [0.717, 1.165) is 16.9 Å². The smallest absolute Gasteiger partial charge is 0.142 e. The SMILES string of the molecule is CC.CCC.CNc1ncnc2[nH]ccc12. The van der Waals surface area contributed by atoms with Crippen molar-refractivity contribution in [3.8, 4) is 0 Å². The third-order valence-electron chi connectivity index (χ3n) is 1.59. The molecule has 0 unspecified atom stereocenters. The Morgan fingerprint density at radius 1 is 1.25 bits per heavy atom. The van der Waals surface area contributed by atoms with Gasteiger partial charge in [-0.25, -0.2) is 9.97 Å². The average Bonchev–Trinajstić information content (AvgIpc) is 2.80. The molecular formula is C12H22N4. The van der Waals surface area contributed by atoms with Crippen LogP contribution in [0, 0.1) is 0 Å². The van der Waals surface area contributed by atoms with Crippen molar-refractivity contribution in [2.45, 2.75) is 34.1 Å². The van der Waals surface area contributed by atoms with Crippen LogP contribution in [0.1, 0.15) is 34.1 Å². The van der Waals surface area contributed by atoms with E-state index in [4.69, 9.17) is 0 Å². The van der Waals surface area contributed by atoms with Gasteiger partial charge in [0.1, 0.15) is 17.8 Å². The second kappa shape index (κ2) is 8.71. The lowest BCUT2D eigenvalue weighted by atomic mass is 10.4. The molecule has 0 fully saturated rings. The highest BCUT2D eigenvalue weighted by atomic mass is 15.0. The summed E-state index contributed by atoms with van der Waals surface area (Å²) in [6, 6.07) is 1.95. The molecular weight excluding hydrogens is 200 g/mol. The molecule has 2 aromatic heterocycles. The first-order valence-electron chi connectivity index (χ1n) is 5.79. The summed E-state index contributed by atoms with van der Waals surface area (Å²) >= 11 is 0. The molecule has 0 aliphatic carbocycles. The standard InChI is InChI=1S/C7H8N4.C3H8.C2H6/c1-8-6-5-2-3-9-7(5)11-4-10-6;1-3-2;1-2/h2-4H,1H3,(H2,8,9,10,11);3H2,1-2H3;1-2H3. The predicted molar refractivity (Wildman–Crippen MR) is 70.7 cm³/mol. The van der Waals surface area contributed by atoms with Gasteiger partial charge in [0, 0.05) is 13.2 Å². The first kappa shape index (κ1) is 14.4. The minimum absolute atomic E-state index is 0.858. The number of H-pyrrole nitrogens is 1. The van der Waals surface area contributed by atoms with E-state index in [1.165, 1.54) is 12.7 Å². The van der Waals surface area contributed by atoms with Gasteiger partial charge in [0.25, 0.3) is 0 Å². The molecule has 4 heteroatoms. The molecule has 0 aliphatic rings. The number of rotatable bonds is 1. The van der Waals surface area contributed by atoms with Crippen LogP contribution in [-0.4, -0.2) is 22.0 Å². The summed E-state index contributed by atoms with van der Waals surface area (Å²) in [5.74, 6) is 0.858. The summed E-state index contributed by atoms with van der Waals surface area (Å²) in [7, 11) is 1.84. The number of hydrogen-bond donors (Lipinski definition) is 2. The minimum atomic E-state index is 0.858. The van der Waals surface area contributed by atoms with E-state index in [0.29, 0.717) is 0 Å². The van der Waals surface area contributed by atoms with Crippen molar-refractivity contribution in [1.29, 1.82) is 0 Å². The highest BCUT2D eigenvalue weighted by Gasteiger charge is 1.99. The normalized spacial score (nSPS) is 8.56. The maximum atomic E-state index is 4.06. The number of anilines is 1. The van der Waals surface area contributed by atoms with Gasteiger partial charge in [0.05, 0.1) is 5.39 Å². The van der Waals surface area contributed by atoms with Crippen LogP contribution in [-0.2, 0) is 0 Å². The van der Waals surface area contributed by atoms with E-state index in [2.05, 4.69) is 34.1 Å². The van der Waals surface area contributed by atoms with Gasteiger partial charge in [-0.05, 0) is 6.07 Å². The fraction of sp³-hybridized carbons (Fsp3) is 0.500. The number of aromatic nitrogens is 3. The van der Waals surface area contributed by atoms with E-state index in [1.807, 2.05) is 33.2 Å². The van der Waals surface area contributed by atoms with Crippen LogP contribution in [0.3, 0.4) is 0 Å². The third kappa shape index (κ3) is 3.88. The quantitative estimate of drug-likeness (QED) is 0.777. The topological polar surface area (TPSA) is 53.6 Å². The number of aromatic amines is 1. The maximum Gasteiger partial charge on any atom is 0.142 e. The summed E-state index contributed by atoms with van der Waals surface area (Å²) in [5, 5.41) is 4.01. The lowest BCUT2D eigenvalue weighted by Gasteiger charge is -1.97. The van der Waals surface area contributed by atoms with Gasteiger partial charge < -0.3 is 10.3 Å². The van der Waals surface area contributed by atoms with Gasteiger partial charge in [0.15, 0.2) is 0 Å². The van der Waals surface area contributed by atoms with Crippen molar-refractivity contribution in [3.63, 3.8) is 0 Å².